The molecule has 75 heavy (non-hydrogen) atoms. The molecule has 0 aliphatic rings. The van der Waals surface area contributed by atoms with E-state index in [1.54, 1.807) is 0 Å². The van der Waals surface area contributed by atoms with Crippen LogP contribution in [-0.2, 0) is 28.6 Å². The number of carbonyl (C=O) groups is 3. The van der Waals surface area contributed by atoms with Gasteiger partial charge in [-0.25, -0.2) is 0 Å². The quantitative estimate of drug-likeness (QED) is 0.0261. The van der Waals surface area contributed by atoms with Gasteiger partial charge in [-0.1, -0.05) is 265 Å². The molecule has 0 saturated carbocycles. The Balaban J connectivity index is 4.46. The fraction of sp³-hybridized carbons (Fsp3) is 0.696. The summed E-state index contributed by atoms with van der Waals surface area (Å²) in [4.78, 5) is 38.2. The van der Waals surface area contributed by atoms with E-state index in [0.29, 0.717) is 19.3 Å². The summed E-state index contributed by atoms with van der Waals surface area (Å²) in [6, 6.07) is 0. The normalized spacial score (nSPS) is 12.8. The average molecular weight is 1040 g/mol. The van der Waals surface area contributed by atoms with Crippen LogP contribution in [0, 0.1) is 0 Å². The molecule has 0 amide bonds. The third kappa shape index (κ3) is 60.8. The van der Waals surface area contributed by atoms with Gasteiger partial charge in [0.25, 0.3) is 0 Å². The van der Waals surface area contributed by atoms with Crippen molar-refractivity contribution in [3.8, 4) is 0 Å². The molecule has 0 radical (unpaired) electrons. The lowest BCUT2D eigenvalue weighted by Gasteiger charge is -2.18. The molecule has 0 spiro atoms. The fourth-order valence-electron chi connectivity index (χ4n) is 8.55. The Hall–Kier alpha value is -3.93. The SMILES string of the molecule is CC/C=C\C/C=C\C/C=C\C/C=C\C/C=C\C/C=C\CCC(=O)OC(COC(=O)CCCCCCC/C=C\C/C=C\CCCCC)COC(=O)CCCCCCCCCCCCC/C=C\CCCCCCCCCC. The molecule has 428 valence electrons. The molecule has 0 aromatic rings. The maximum atomic E-state index is 12.9. The van der Waals surface area contributed by atoms with E-state index in [2.05, 4.69) is 124 Å². The van der Waals surface area contributed by atoms with Gasteiger partial charge in [-0.15, -0.1) is 0 Å². The minimum Gasteiger partial charge on any atom is -0.462 e. The van der Waals surface area contributed by atoms with E-state index in [-0.39, 0.29) is 31.6 Å². The molecular weight excluding hydrogens is 925 g/mol. The molecule has 0 rings (SSSR count). The van der Waals surface area contributed by atoms with Crippen molar-refractivity contribution in [3.63, 3.8) is 0 Å². The maximum absolute atomic E-state index is 12.9. The highest BCUT2D eigenvalue weighted by Crippen LogP contribution is 2.15. The zero-order valence-electron chi connectivity index (χ0n) is 49.0. The second kappa shape index (κ2) is 62.6. The Bertz CT molecular complexity index is 1520. The second-order valence-corrected chi connectivity index (χ2v) is 20.6. The van der Waals surface area contributed by atoms with Gasteiger partial charge in [-0.05, 0) is 116 Å². The molecule has 0 aliphatic carbocycles. The molecule has 6 nitrogen and oxygen atoms in total. The zero-order chi connectivity index (χ0) is 54.3. The first-order valence-corrected chi connectivity index (χ1v) is 31.4. The van der Waals surface area contributed by atoms with E-state index in [0.717, 1.165) is 103 Å². The smallest absolute Gasteiger partial charge is 0.306 e. The van der Waals surface area contributed by atoms with Crippen LogP contribution in [0.4, 0.5) is 0 Å². The topological polar surface area (TPSA) is 78.9 Å². The molecule has 1 unspecified atom stereocenters. The third-order valence-electron chi connectivity index (χ3n) is 13.2. The molecule has 0 bridgehead atoms. The maximum Gasteiger partial charge on any atom is 0.306 e. The lowest BCUT2D eigenvalue weighted by Crippen LogP contribution is -2.30. The molecule has 0 fully saturated rings. The first-order chi connectivity index (χ1) is 37.0. The summed E-state index contributed by atoms with van der Waals surface area (Å²) in [7, 11) is 0. The van der Waals surface area contributed by atoms with Gasteiger partial charge in [-0.2, -0.15) is 0 Å². The lowest BCUT2D eigenvalue weighted by atomic mass is 10.0. The predicted molar refractivity (Wildman–Crippen MR) is 325 cm³/mol. The van der Waals surface area contributed by atoms with Crippen LogP contribution in [0.15, 0.2) is 109 Å². The van der Waals surface area contributed by atoms with Crippen LogP contribution < -0.4 is 0 Å². The van der Waals surface area contributed by atoms with E-state index in [9.17, 15) is 14.4 Å². The Morgan fingerprint density at radius 1 is 0.280 bits per heavy atom. The molecule has 0 aromatic heterocycles. The van der Waals surface area contributed by atoms with Gasteiger partial charge in [-0.3, -0.25) is 14.4 Å². The fourth-order valence-corrected chi connectivity index (χ4v) is 8.55. The summed E-state index contributed by atoms with van der Waals surface area (Å²) >= 11 is 0. The van der Waals surface area contributed by atoms with Crippen molar-refractivity contribution in [2.24, 2.45) is 0 Å². The van der Waals surface area contributed by atoms with E-state index >= 15 is 0 Å². The summed E-state index contributed by atoms with van der Waals surface area (Å²) in [6.07, 6.45) is 85.3. The van der Waals surface area contributed by atoms with Crippen molar-refractivity contribution < 1.29 is 28.6 Å². The van der Waals surface area contributed by atoms with Crippen LogP contribution in [0.1, 0.15) is 290 Å². The van der Waals surface area contributed by atoms with Crippen LogP contribution in [0.5, 0.6) is 0 Å². The Morgan fingerprint density at radius 3 is 0.907 bits per heavy atom. The van der Waals surface area contributed by atoms with Gasteiger partial charge in [0.2, 0.25) is 0 Å². The Morgan fingerprint density at radius 2 is 0.547 bits per heavy atom. The standard InChI is InChI=1S/C69H116O6/c1-4-7-10-13-16-19-22-25-28-30-32-33-34-35-37-38-41-44-47-50-53-56-59-62-68(71)74-65-66(64-73-67(70)61-58-55-52-49-46-43-40-27-24-21-18-15-12-9-6-3)75-69(72)63-60-57-54-51-48-45-42-39-36-31-29-26-23-20-17-14-11-8-5-2/h8,11,17-18,20-21,26-27,29-30,32,36,39-40,45,48,54,57,66H,4-7,9-10,12-16,19,22-25,28,31,33-35,37-38,41-44,46-47,49-53,55-56,58-65H2,1-3H3/b11-8-,20-17-,21-18-,29-26-,32-30-,39-36-,40-27-,48-45-,57-54-. The number of ether oxygens (including phenoxy) is 3. The monoisotopic (exact) mass is 1040 g/mol. The van der Waals surface area contributed by atoms with Crippen LogP contribution >= 0.6 is 0 Å². The van der Waals surface area contributed by atoms with E-state index in [4.69, 9.17) is 14.2 Å². The summed E-state index contributed by atoms with van der Waals surface area (Å²) in [5, 5.41) is 0. The number of rotatable bonds is 56. The first kappa shape index (κ1) is 71.1. The van der Waals surface area contributed by atoms with E-state index in [1.807, 2.05) is 6.08 Å². The number of allylic oxidation sites excluding steroid dienone is 18. The van der Waals surface area contributed by atoms with Gasteiger partial charge in [0.1, 0.15) is 13.2 Å². The highest BCUT2D eigenvalue weighted by molar-refractivity contribution is 5.71. The van der Waals surface area contributed by atoms with Gasteiger partial charge in [0, 0.05) is 19.3 Å². The van der Waals surface area contributed by atoms with Crippen molar-refractivity contribution in [1.29, 1.82) is 0 Å². The highest BCUT2D eigenvalue weighted by Gasteiger charge is 2.19. The van der Waals surface area contributed by atoms with Crippen LogP contribution in [0.25, 0.3) is 0 Å². The van der Waals surface area contributed by atoms with Crippen molar-refractivity contribution in [3.05, 3.63) is 109 Å². The number of esters is 3. The molecular formula is C69H116O6. The largest absolute Gasteiger partial charge is 0.462 e. The molecule has 1 atom stereocenters. The Labute approximate surface area is 463 Å². The third-order valence-corrected chi connectivity index (χ3v) is 13.2. The summed E-state index contributed by atoms with van der Waals surface area (Å²) < 4.78 is 16.8. The van der Waals surface area contributed by atoms with Crippen molar-refractivity contribution in [1.82, 2.24) is 0 Å². The van der Waals surface area contributed by atoms with Crippen LogP contribution in [0.3, 0.4) is 0 Å². The molecule has 0 aromatic carbocycles. The summed E-state index contributed by atoms with van der Waals surface area (Å²) in [5.41, 5.74) is 0. The average Bonchev–Trinajstić information content (AvgIpc) is 3.41. The minimum absolute atomic E-state index is 0.114. The van der Waals surface area contributed by atoms with Gasteiger partial charge in [0.15, 0.2) is 6.10 Å². The predicted octanol–water partition coefficient (Wildman–Crippen LogP) is 21.4. The van der Waals surface area contributed by atoms with Crippen molar-refractivity contribution in [2.75, 3.05) is 13.2 Å². The van der Waals surface area contributed by atoms with E-state index in [1.165, 1.54) is 141 Å². The number of hydrogen-bond donors (Lipinski definition) is 0. The lowest BCUT2D eigenvalue weighted by molar-refractivity contribution is -0.166. The van der Waals surface area contributed by atoms with Crippen LogP contribution in [-0.4, -0.2) is 37.2 Å². The molecule has 0 aliphatic heterocycles. The number of unbranched alkanes of at least 4 members (excludes halogenated alkanes) is 27. The number of carbonyl (C=O) groups excluding carboxylic acids is 3. The van der Waals surface area contributed by atoms with Crippen molar-refractivity contribution in [2.45, 2.75) is 297 Å². The Kier molecular flexibility index (Phi) is 59.3. The number of hydrogen-bond acceptors (Lipinski definition) is 6. The second-order valence-electron chi connectivity index (χ2n) is 20.6. The highest BCUT2D eigenvalue weighted by atomic mass is 16.6. The zero-order valence-corrected chi connectivity index (χ0v) is 49.0. The molecule has 6 heteroatoms. The van der Waals surface area contributed by atoms with Crippen molar-refractivity contribution >= 4 is 17.9 Å². The van der Waals surface area contributed by atoms with Gasteiger partial charge < -0.3 is 14.2 Å². The molecule has 0 saturated heterocycles. The minimum atomic E-state index is -0.827. The van der Waals surface area contributed by atoms with Gasteiger partial charge >= 0.3 is 17.9 Å². The van der Waals surface area contributed by atoms with E-state index < -0.39 is 12.1 Å². The van der Waals surface area contributed by atoms with Gasteiger partial charge in [0.05, 0.1) is 0 Å². The summed E-state index contributed by atoms with van der Waals surface area (Å²) in [6.45, 7) is 6.44. The summed E-state index contributed by atoms with van der Waals surface area (Å²) in [5.74, 6) is -1.01. The molecule has 0 N–H and O–H groups in total. The molecule has 0 heterocycles. The van der Waals surface area contributed by atoms with Crippen LogP contribution in [0.2, 0.25) is 0 Å². The first-order valence-electron chi connectivity index (χ1n) is 31.4.